The van der Waals surface area contributed by atoms with Gasteiger partial charge in [0.15, 0.2) is 16.7 Å². The summed E-state index contributed by atoms with van der Waals surface area (Å²) < 4.78 is 46.8. The zero-order chi connectivity index (χ0) is 92.7. The highest BCUT2D eigenvalue weighted by molar-refractivity contribution is 6.22. The van der Waals surface area contributed by atoms with E-state index in [9.17, 15) is 0 Å². The Labute approximate surface area is 807 Å². The molecule has 0 aliphatic carbocycles. The normalized spacial score (nSPS) is 11.8. The molecule has 0 aliphatic rings. The molecule has 0 radical (unpaired) electrons. The molecule has 0 unspecified atom stereocenters. The van der Waals surface area contributed by atoms with Crippen LogP contribution in [0.1, 0.15) is 0 Å². The summed E-state index contributed by atoms with van der Waals surface area (Å²) in [7, 11) is 0. The van der Waals surface area contributed by atoms with Gasteiger partial charge in [-0.3, -0.25) is 0 Å². The molecule has 30 rings (SSSR count). The first-order valence-electron chi connectivity index (χ1n) is 47.8. The van der Waals surface area contributed by atoms with Gasteiger partial charge in [-0.05, 0) is 230 Å². The smallest absolute Gasteiger partial charge is 0.161 e. The molecule has 0 spiro atoms. The monoisotopic (exact) mass is 1800 g/mol. The van der Waals surface area contributed by atoms with E-state index < -0.39 is 0 Å². The quantitative estimate of drug-likeness (QED) is 0.121. The van der Waals surface area contributed by atoms with Gasteiger partial charge in [0, 0.05) is 104 Å². The first-order chi connectivity index (χ1) is 69.9. The van der Waals surface area contributed by atoms with Crippen molar-refractivity contribution in [2.45, 2.75) is 0 Å². The molecule has 0 saturated carbocycles. The fourth-order valence-electron chi connectivity index (χ4n) is 21.7. The van der Waals surface area contributed by atoms with E-state index >= 15 is 0 Å². The molecule has 0 N–H and O–H groups in total. The summed E-state index contributed by atoms with van der Waals surface area (Å²) in [5, 5.41) is 13.4. The van der Waals surface area contributed by atoms with Crippen LogP contribution in [0.4, 0.5) is 0 Å². The molecule has 660 valence electrons. The van der Waals surface area contributed by atoms with Crippen LogP contribution in [0, 0.1) is 0 Å². The number of fused-ring (bicyclic) bond motifs is 24. The van der Waals surface area contributed by atoms with Crippen molar-refractivity contribution in [3.05, 3.63) is 491 Å². The highest BCUT2D eigenvalue weighted by atomic mass is 16.4. The van der Waals surface area contributed by atoms with Gasteiger partial charge in [-0.1, -0.05) is 340 Å². The van der Waals surface area contributed by atoms with E-state index in [4.69, 9.17) is 26.5 Å². The number of benzene rings is 21. The van der Waals surface area contributed by atoms with Crippen LogP contribution in [0.3, 0.4) is 0 Å². The molecule has 0 atom stereocenters. The van der Waals surface area contributed by atoms with Crippen molar-refractivity contribution in [2.24, 2.45) is 0 Å². The van der Waals surface area contributed by atoms with Crippen LogP contribution in [0.25, 0.3) is 282 Å². The second-order valence-corrected chi connectivity index (χ2v) is 36.3. The molecule has 21 aromatic carbocycles. The van der Waals surface area contributed by atoms with E-state index in [1.54, 1.807) is 0 Å². The van der Waals surface area contributed by atoms with Crippen molar-refractivity contribution in [1.29, 1.82) is 0 Å². The van der Waals surface area contributed by atoms with Crippen LogP contribution in [0.2, 0.25) is 0 Å². The van der Waals surface area contributed by atoms with Crippen LogP contribution < -0.4 is 0 Å². The van der Waals surface area contributed by atoms with Crippen LogP contribution in [0.15, 0.2) is 518 Å². The SMILES string of the molecule is c1ccc(-c2ccc3c(c2)oc2cc(-c4cccc(-c5ccc6c(c5)oc5c7ccccc7n(-c7ccccc7)c65)c4)ccc23)cc1.c1ccc(-c2cccc3c2oc2c(-c4cccc(-c5ccc6c(c5)oc5c7ccccc7n(-c7ccccc7)c65)c4)cccc23)cc1.c1ccc(-c2cccc3c2oc2cccc(-c4cccc(-c5cccc6c5oc5c7ccccc7n(-c7ccccc7)c65)c4)c23)cc1. The van der Waals surface area contributed by atoms with Crippen LogP contribution in [-0.4, -0.2) is 13.7 Å². The molecule has 30 aromatic rings. The number of furan rings is 6. The van der Waals surface area contributed by atoms with Gasteiger partial charge in [0.05, 0.1) is 16.6 Å². The number of para-hydroxylation sites is 10. The third-order valence-corrected chi connectivity index (χ3v) is 28.2. The molecule has 9 heteroatoms. The van der Waals surface area contributed by atoms with Crippen molar-refractivity contribution >= 4 is 165 Å². The number of hydrogen-bond acceptors (Lipinski definition) is 6. The lowest BCUT2D eigenvalue weighted by Gasteiger charge is -2.09. The molecular weight excluding hydrogens is 1720 g/mol. The number of aromatic nitrogens is 3. The van der Waals surface area contributed by atoms with Gasteiger partial charge in [0.1, 0.15) is 66.8 Å². The standard InChI is InChI=1S/3C44H27NO2/c1-3-13-28(14-4-1)33-21-10-23-36-40-32(20-12-26-39(40)46-42(33)36)29-15-9-16-30(27-29)34-22-11-24-37-41-44(47-43(34)37)35-19-7-8-25-38(35)45(41)31-17-5-2-6-18-31;1-3-12-28(13-4-1)33-19-10-21-35-36-22-11-20-34(43(36)47-42(33)35)31-15-9-14-29(26-31)30-24-25-38-40(27-30)46-44-37-18-7-8-23-39(37)45(41(38)44)32-16-5-2-6-17-32;1-3-10-28(11-4-1)31-18-21-35-36-22-19-32(26-41(36)46-40(35)25-31)29-12-9-13-30(24-29)33-20-23-38-42(27-33)47-44-37-16-7-8-17-39(37)45(43(38)44)34-14-5-2-6-15-34/h3*1-27H. The largest absolute Gasteiger partial charge is 0.456 e. The molecule has 9 heterocycles. The van der Waals surface area contributed by atoms with Crippen molar-refractivity contribution < 1.29 is 26.5 Å². The maximum absolute atomic E-state index is 6.83. The molecule has 0 bridgehead atoms. The van der Waals surface area contributed by atoms with Crippen molar-refractivity contribution in [3.8, 4) is 117 Å². The van der Waals surface area contributed by atoms with Crippen molar-refractivity contribution in [1.82, 2.24) is 13.7 Å². The summed E-state index contributed by atoms with van der Waals surface area (Å²) in [5.41, 5.74) is 41.1. The summed E-state index contributed by atoms with van der Waals surface area (Å²) in [6.45, 7) is 0. The Balaban J connectivity index is 0.000000104. The third kappa shape index (κ3) is 13.4. The Morgan fingerprint density at radius 2 is 0.390 bits per heavy atom. The molecule has 9 aromatic heterocycles. The van der Waals surface area contributed by atoms with Crippen LogP contribution >= 0.6 is 0 Å². The third-order valence-electron chi connectivity index (χ3n) is 28.2. The summed E-state index contributed by atoms with van der Waals surface area (Å²) >= 11 is 0. The highest BCUT2D eigenvalue weighted by Gasteiger charge is 2.27. The molecule has 0 fully saturated rings. The van der Waals surface area contributed by atoms with Crippen LogP contribution in [0.5, 0.6) is 0 Å². The predicted octanol–water partition coefficient (Wildman–Crippen LogP) is 37.3. The second kappa shape index (κ2) is 33.0. The minimum Gasteiger partial charge on any atom is -0.456 e. The molecular formula is C132H81N3O6. The number of rotatable bonds is 12. The molecule has 0 saturated heterocycles. The maximum atomic E-state index is 6.83. The average Bonchev–Trinajstić information content (AvgIpc) is 1.56. The van der Waals surface area contributed by atoms with E-state index in [2.05, 4.69) is 487 Å². The van der Waals surface area contributed by atoms with Gasteiger partial charge >= 0.3 is 0 Å². The first-order valence-corrected chi connectivity index (χ1v) is 47.8. The molecule has 141 heavy (non-hydrogen) atoms. The number of nitrogens with zero attached hydrogens (tertiary/aromatic N) is 3. The minimum absolute atomic E-state index is 0.876. The van der Waals surface area contributed by atoms with E-state index in [1.807, 2.05) is 18.2 Å². The maximum Gasteiger partial charge on any atom is 0.161 e. The van der Waals surface area contributed by atoms with E-state index in [-0.39, 0.29) is 0 Å². The van der Waals surface area contributed by atoms with Gasteiger partial charge in [-0.25, -0.2) is 0 Å². The lowest BCUT2D eigenvalue weighted by molar-refractivity contribution is 0.669. The van der Waals surface area contributed by atoms with E-state index in [0.29, 0.717) is 0 Å². The summed E-state index contributed by atoms with van der Waals surface area (Å²) in [5.74, 6) is 0. The Hall–Kier alpha value is -19.0. The Bertz CT molecular complexity index is 10200. The van der Waals surface area contributed by atoms with Gasteiger partial charge in [0.25, 0.3) is 0 Å². The van der Waals surface area contributed by atoms with Gasteiger partial charge in [-0.2, -0.15) is 0 Å². The zero-order valence-corrected chi connectivity index (χ0v) is 76.1. The topological polar surface area (TPSA) is 93.6 Å². The van der Waals surface area contributed by atoms with Crippen molar-refractivity contribution in [2.75, 3.05) is 0 Å². The fraction of sp³-hybridized carbons (Fsp3) is 0. The predicted molar refractivity (Wildman–Crippen MR) is 582 cm³/mol. The van der Waals surface area contributed by atoms with Crippen LogP contribution in [-0.2, 0) is 0 Å². The van der Waals surface area contributed by atoms with Gasteiger partial charge in [-0.15, -0.1) is 0 Å². The lowest BCUT2D eigenvalue weighted by Crippen LogP contribution is -1.92. The highest BCUT2D eigenvalue weighted by Crippen LogP contribution is 2.50. The second-order valence-electron chi connectivity index (χ2n) is 36.3. The molecule has 9 nitrogen and oxygen atoms in total. The molecule has 0 aliphatic heterocycles. The summed E-state index contributed by atoms with van der Waals surface area (Å²) in [4.78, 5) is 0. The number of hydrogen-bond donors (Lipinski definition) is 0. The summed E-state index contributed by atoms with van der Waals surface area (Å²) in [6, 6.07) is 173. The summed E-state index contributed by atoms with van der Waals surface area (Å²) in [6.07, 6.45) is 0. The fourth-order valence-corrected chi connectivity index (χ4v) is 21.7. The lowest BCUT2D eigenvalue weighted by atomic mass is 9.94. The zero-order valence-electron chi connectivity index (χ0n) is 76.1. The average molecular weight is 1810 g/mol. The molecule has 0 amide bonds. The van der Waals surface area contributed by atoms with E-state index in [1.165, 1.54) is 5.56 Å². The minimum atomic E-state index is 0.876. The van der Waals surface area contributed by atoms with Gasteiger partial charge < -0.3 is 40.2 Å². The Morgan fingerprint density at radius 1 is 0.128 bits per heavy atom. The first kappa shape index (κ1) is 80.5. The Kier molecular flexibility index (Phi) is 18.8. The van der Waals surface area contributed by atoms with Gasteiger partial charge in [0.2, 0.25) is 0 Å². The Morgan fingerprint density at radius 3 is 0.837 bits per heavy atom. The van der Waals surface area contributed by atoms with Crippen molar-refractivity contribution in [3.63, 3.8) is 0 Å². The van der Waals surface area contributed by atoms with E-state index in [0.717, 1.165) is 276 Å².